The molecule has 2 aromatic carbocycles. The van der Waals surface area contributed by atoms with E-state index in [1.54, 1.807) is 36.4 Å². The van der Waals surface area contributed by atoms with Gasteiger partial charge in [-0.25, -0.2) is 0 Å². The maximum absolute atomic E-state index is 12.1. The molecule has 1 saturated carbocycles. The maximum Gasteiger partial charge on any atom is 0.255 e. The molecular weight excluding hydrogens is 391 g/mol. The SMILES string of the molecule is O=C(Nc1ccc(C(=O)NC2CC2)cc1)c1ccc(I)cc1. The van der Waals surface area contributed by atoms with Crippen LogP contribution in [0.1, 0.15) is 33.6 Å². The van der Waals surface area contributed by atoms with Crippen LogP contribution >= 0.6 is 22.6 Å². The van der Waals surface area contributed by atoms with Gasteiger partial charge in [0.25, 0.3) is 11.8 Å². The summed E-state index contributed by atoms with van der Waals surface area (Å²) < 4.78 is 1.08. The third-order valence-electron chi connectivity index (χ3n) is 3.42. The number of carbonyl (C=O) groups is 2. The minimum Gasteiger partial charge on any atom is -0.349 e. The van der Waals surface area contributed by atoms with Crippen molar-refractivity contribution in [3.63, 3.8) is 0 Å². The van der Waals surface area contributed by atoms with Crippen molar-refractivity contribution in [2.24, 2.45) is 0 Å². The molecule has 0 unspecified atom stereocenters. The molecule has 2 aromatic rings. The Morgan fingerprint density at radius 3 is 2.00 bits per heavy atom. The molecule has 0 spiro atoms. The zero-order valence-corrected chi connectivity index (χ0v) is 14.0. The summed E-state index contributed by atoms with van der Waals surface area (Å²) in [5.74, 6) is -0.218. The molecule has 1 fully saturated rings. The molecule has 0 aromatic heterocycles. The lowest BCUT2D eigenvalue weighted by molar-refractivity contribution is 0.0950. The number of hydrogen-bond donors (Lipinski definition) is 2. The number of hydrogen-bond acceptors (Lipinski definition) is 2. The van der Waals surface area contributed by atoms with Gasteiger partial charge in [0.15, 0.2) is 0 Å². The van der Waals surface area contributed by atoms with Gasteiger partial charge in [-0.15, -0.1) is 0 Å². The van der Waals surface area contributed by atoms with Crippen molar-refractivity contribution < 1.29 is 9.59 Å². The Bertz CT molecular complexity index is 692. The average Bonchev–Trinajstić information content (AvgIpc) is 3.32. The van der Waals surface area contributed by atoms with E-state index in [2.05, 4.69) is 33.2 Å². The topological polar surface area (TPSA) is 58.2 Å². The molecule has 22 heavy (non-hydrogen) atoms. The molecule has 112 valence electrons. The summed E-state index contributed by atoms with van der Waals surface area (Å²) >= 11 is 2.20. The number of halogens is 1. The van der Waals surface area contributed by atoms with Crippen LogP contribution in [0.5, 0.6) is 0 Å². The summed E-state index contributed by atoms with van der Waals surface area (Å²) in [5.41, 5.74) is 1.89. The summed E-state index contributed by atoms with van der Waals surface area (Å²) in [4.78, 5) is 24.0. The molecule has 0 radical (unpaired) electrons. The van der Waals surface area contributed by atoms with Gasteiger partial charge in [0, 0.05) is 26.4 Å². The fourth-order valence-corrected chi connectivity index (χ4v) is 2.37. The number of nitrogens with one attached hydrogen (secondary N) is 2. The van der Waals surface area contributed by atoms with Crippen molar-refractivity contribution in [1.29, 1.82) is 0 Å². The fraction of sp³-hybridized carbons (Fsp3) is 0.176. The Labute approximate surface area is 142 Å². The number of amides is 2. The zero-order chi connectivity index (χ0) is 15.5. The third kappa shape index (κ3) is 3.85. The molecule has 1 aliphatic carbocycles. The predicted molar refractivity (Wildman–Crippen MR) is 94.0 cm³/mol. The number of benzene rings is 2. The lowest BCUT2D eigenvalue weighted by atomic mass is 10.1. The minimum atomic E-state index is -0.161. The van der Waals surface area contributed by atoms with Gasteiger partial charge in [-0.05, 0) is 84.0 Å². The van der Waals surface area contributed by atoms with Crippen LogP contribution in [0.2, 0.25) is 0 Å². The molecule has 0 bridgehead atoms. The summed E-state index contributed by atoms with van der Waals surface area (Å²) in [6.45, 7) is 0. The predicted octanol–water partition coefficient (Wildman–Crippen LogP) is 3.44. The summed E-state index contributed by atoms with van der Waals surface area (Å²) in [5, 5.41) is 5.76. The van der Waals surface area contributed by atoms with Crippen molar-refractivity contribution >= 4 is 40.1 Å². The van der Waals surface area contributed by atoms with E-state index in [1.165, 1.54) is 0 Å². The Morgan fingerprint density at radius 1 is 0.864 bits per heavy atom. The van der Waals surface area contributed by atoms with Gasteiger partial charge in [-0.2, -0.15) is 0 Å². The molecule has 2 N–H and O–H groups in total. The first-order chi connectivity index (χ1) is 10.6. The second kappa shape index (κ2) is 6.48. The van der Waals surface area contributed by atoms with Crippen LogP contribution in [0.3, 0.4) is 0 Å². The van der Waals surface area contributed by atoms with E-state index in [0.717, 1.165) is 16.4 Å². The lowest BCUT2D eigenvalue weighted by Gasteiger charge is -2.07. The third-order valence-corrected chi connectivity index (χ3v) is 4.14. The van der Waals surface area contributed by atoms with E-state index in [-0.39, 0.29) is 11.8 Å². The number of carbonyl (C=O) groups excluding carboxylic acids is 2. The van der Waals surface area contributed by atoms with E-state index < -0.39 is 0 Å². The fourth-order valence-electron chi connectivity index (χ4n) is 2.01. The van der Waals surface area contributed by atoms with Crippen LogP contribution in [0, 0.1) is 3.57 Å². The van der Waals surface area contributed by atoms with Gasteiger partial charge in [0.05, 0.1) is 0 Å². The van der Waals surface area contributed by atoms with Crippen LogP contribution in [-0.4, -0.2) is 17.9 Å². The average molecular weight is 406 g/mol. The molecule has 0 aliphatic heterocycles. The molecule has 5 heteroatoms. The Morgan fingerprint density at radius 2 is 1.41 bits per heavy atom. The first-order valence-electron chi connectivity index (χ1n) is 7.10. The number of anilines is 1. The first-order valence-corrected chi connectivity index (χ1v) is 8.17. The lowest BCUT2D eigenvalue weighted by Crippen LogP contribution is -2.25. The standard InChI is InChI=1S/C17H15IN2O2/c18-13-5-1-11(2-6-13)16(21)19-14-7-3-12(4-8-14)17(22)20-15-9-10-15/h1-8,15H,9-10H2,(H,19,21)(H,20,22). The van der Waals surface area contributed by atoms with Gasteiger partial charge in [0.1, 0.15) is 0 Å². The normalized spacial score (nSPS) is 13.5. The highest BCUT2D eigenvalue weighted by Crippen LogP contribution is 2.20. The minimum absolute atomic E-state index is 0.0574. The monoisotopic (exact) mass is 406 g/mol. The van der Waals surface area contributed by atoms with E-state index >= 15 is 0 Å². The van der Waals surface area contributed by atoms with Crippen LogP contribution in [0.4, 0.5) is 5.69 Å². The summed E-state index contributed by atoms with van der Waals surface area (Å²) in [6.07, 6.45) is 2.13. The maximum atomic E-state index is 12.1. The highest BCUT2D eigenvalue weighted by Gasteiger charge is 2.23. The number of rotatable bonds is 4. The summed E-state index contributed by atoms with van der Waals surface area (Å²) in [7, 11) is 0. The van der Waals surface area contributed by atoms with Crippen molar-refractivity contribution in [2.45, 2.75) is 18.9 Å². The van der Waals surface area contributed by atoms with Crippen molar-refractivity contribution in [3.8, 4) is 0 Å². The van der Waals surface area contributed by atoms with Crippen LogP contribution in [-0.2, 0) is 0 Å². The van der Waals surface area contributed by atoms with Gasteiger partial charge in [0.2, 0.25) is 0 Å². The van der Waals surface area contributed by atoms with Crippen molar-refractivity contribution in [1.82, 2.24) is 5.32 Å². The van der Waals surface area contributed by atoms with Gasteiger partial charge < -0.3 is 10.6 Å². The van der Waals surface area contributed by atoms with Crippen molar-refractivity contribution in [2.75, 3.05) is 5.32 Å². The largest absolute Gasteiger partial charge is 0.349 e. The van der Waals surface area contributed by atoms with Crippen LogP contribution in [0.25, 0.3) is 0 Å². The molecular formula is C17H15IN2O2. The smallest absolute Gasteiger partial charge is 0.255 e. The van der Waals surface area contributed by atoms with Crippen molar-refractivity contribution in [3.05, 3.63) is 63.2 Å². The second-order valence-corrected chi connectivity index (χ2v) is 6.53. The van der Waals surface area contributed by atoms with E-state index in [9.17, 15) is 9.59 Å². The van der Waals surface area contributed by atoms with E-state index in [0.29, 0.717) is 22.9 Å². The highest BCUT2D eigenvalue weighted by molar-refractivity contribution is 14.1. The Kier molecular flexibility index (Phi) is 4.42. The van der Waals surface area contributed by atoms with Gasteiger partial charge in [-0.1, -0.05) is 0 Å². The van der Waals surface area contributed by atoms with Crippen LogP contribution in [0.15, 0.2) is 48.5 Å². The second-order valence-electron chi connectivity index (χ2n) is 5.29. The molecule has 0 saturated heterocycles. The Hall–Kier alpha value is -1.89. The molecule has 1 aliphatic rings. The summed E-state index contributed by atoms with van der Waals surface area (Å²) in [6, 6.07) is 14.6. The van der Waals surface area contributed by atoms with Gasteiger partial charge in [-0.3, -0.25) is 9.59 Å². The molecule has 3 rings (SSSR count). The van der Waals surface area contributed by atoms with E-state index in [1.807, 2.05) is 12.1 Å². The first kappa shape index (κ1) is 15.0. The molecule has 4 nitrogen and oxygen atoms in total. The zero-order valence-electron chi connectivity index (χ0n) is 11.8. The van der Waals surface area contributed by atoms with Gasteiger partial charge >= 0.3 is 0 Å². The van der Waals surface area contributed by atoms with Crippen LogP contribution < -0.4 is 10.6 Å². The quantitative estimate of drug-likeness (QED) is 0.765. The molecule has 0 heterocycles. The molecule has 2 amide bonds. The Balaban J connectivity index is 1.63. The molecule has 0 atom stereocenters. The highest BCUT2D eigenvalue weighted by atomic mass is 127. The van der Waals surface area contributed by atoms with E-state index in [4.69, 9.17) is 0 Å².